The molecule has 4 rings (SSSR count). The van der Waals surface area contributed by atoms with E-state index in [-0.39, 0.29) is 11.9 Å². The summed E-state index contributed by atoms with van der Waals surface area (Å²) in [5.74, 6) is -0.201. The minimum absolute atomic E-state index is 0.00453. The number of hydrogen-bond donors (Lipinski definition) is 1. The van der Waals surface area contributed by atoms with E-state index in [1.807, 2.05) is 18.3 Å². The van der Waals surface area contributed by atoms with Gasteiger partial charge in [0.05, 0.1) is 17.6 Å². The van der Waals surface area contributed by atoms with E-state index in [9.17, 15) is 4.39 Å². The van der Waals surface area contributed by atoms with Crippen molar-refractivity contribution in [1.82, 2.24) is 20.3 Å². The van der Waals surface area contributed by atoms with Gasteiger partial charge in [-0.2, -0.15) is 0 Å². The largest absolute Gasteiger partial charge is 0.392 e. The number of oxime groups is 1. The first-order chi connectivity index (χ1) is 12.3. The highest BCUT2D eigenvalue weighted by molar-refractivity contribution is 6.01. The van der Waals surface area contributed by atoms with Crippen LogP contribution >= 0.6 is 0 Å². The molecule has 0 amide bonds. The minimum atomic E-state index is -0.201. The van der Waals surface area contributed by atoms with Crippen molar-refractivity contribution in [1.29, 1.82) is 0 Å². The third-order valence-electron chi connectivity index (χ3n) is 4.62. The van der Waals surface area contributed by atoms with Crippen molar-refractivity contribution in [2.24, 2.45) is 5.16 Å². The Morgan fingerprint density at radius 2 is 2.16 bits per heavy atom. The van der Waals surface area contributed by atoms with Gasteiger partial charge in [0.1, 0.15) is 11.9 Å². The smallest absolute Gasteiger partial charge is 0.147 e. The second-order valence-electron chi connectivity index (χ2n) is 6.33. The van der Waals surface area contributed by atoms with E-state index >= 15 is 0 Å². The van der Waals surface area contributed by atoms with Crippen LogP contribution in [0.2, 0.25) is 0 Å². The summed E-state index contributed by atoms with van der Waals surface area (Å²) < 4.78 is 16.3. The van der Waals surface area contributed by atoms with Crippen LogP contribution in [0.5, 0.6) is 0 Å². The Morgan fingerprint density at radius 1 is 1.28 bits per heavy atom. The van der Waals surface area contributed by atoms with E-state index in [0.29, 0.717) is 12.1 Å². The van der Waals surface area contributed by atoms with E-state index in [2.05, 4.69) is 25.7 Å². The predicted molar refractivity (Wildman–Crippen MR) is 92.1 cm³/mol. The number of hydrogen-bond acceptors (Lipinski definition) is 6. The molecule has 0 saturated carbocycles. The summed E-state index contributed by atoms with van der Waals surface area (Å²) in [5.41, 5.74) is 2.25. The number of piperazine rings is 1. The molecule has 0 radical (unpaired) electrons. The maximum atomic E-state index is 14.5. The lowest BCUT2D eigenvalue weighted by atomic mass is 10.0. The number of rotatable bonds is 5. The lowest BCUT2D eigenvalue weighted by molar-refractivity contribution is 0.0748. The van der Waals surface area contributed by atoms with Crippen LogP contribution in [-0.4, -0.2) is 53.0 Å². The van der Waals surface area contributed by atoms with Gasteiger partial charge in [-0.25, -0.2) is 4.39 Å². The van der Waals surface area contributed by atoms with Crippen LogP contribution in [0.1, 0.15) is 18.4 Å². The van der Waals surface area contributed by atoms with Crippen molar-refractivity contribution in [2.75, 3.05) is 31.1 Å². The molecule has 1 atom stereocenters. The molecule has 0 spiro atoms. The molecule has 1 N–H and O–H groups in total. The van der Waals surface area contributed by atoms with Gasteiger partial charge >= 0.3 is 0 Å². The molecule has 2 aliphatic rings. The van der Waals surface area contributed by atoms with Crippen LogP contribution in [0.3, 0.4) is 0 Å². The summed E-state index contributed by atoms with van der Waals surface area (Å²) in [6.45, 7) is 4.14. The van der Waals surface area contributed by atoms with Gasteiger partial charge in [0.15, 0.2) is 0 Å². The highest BCUT2D eigenvalue weighted by Gasteiger charge is 2.23. The van der Waals surface area contributed by atoms with Gasteiger partial charge in [-0.1, -0.05) is 16.4 Å². The maximum absolute atomic E-state index is 14.5. The van der Waals surface area contributed by atoms with Crippen molar-refractivity contribution in [2.45, 2.75) is 25.5 Å². The zero-order chi connectivity index (χ0) is 17.1. The lowest BCUT2D eigenvalue weighted by Gasteiger charge is -2.29. The summed E-state index contributed by atoms with van der Waals surface area (Å²) in [5, 5.41) is 15.1. The maximum Gasteiger partial charge on any atom is 0.147 e. The summed E-state index contributed by atoms with van der Waals surface area (Å²) in [6.07, 6.45) is 4.94. The van der Waals surface area contributed by atoms with Crippen LogP contribution in [0.4, 0.5) is 10.1 Å². The molecule has 2 aliphatic heterocycles. The average molecular weight is 344 g/mol. The number of aromatic nitrogens is 3. The van der Waals surface area contributed by atoms with Crippen LogP contribution in [0.25, 0.3) is 0 Å². The number of aryl methyl sites for hydroxylation is 1. The zero-order valence-corrected chi connectivity index (χ0v) is 13.9. The van der Waals surface area contributed by atoms with E-state index < -0.39 is 0 Å². The third kappa shape index (κ3) is 3.63. The molecule has 1 aromatic heterocycles. The molecule has 0 bridgehead atoms. The predicted octanol–water partition coefficient (Wildman–Crippen LogP) is 1.41. The van der Waals surface area contributed by atoms with Crippen LogP contribution in [0, 0.1) is 5.82 Å². The SMILES string of the molecule is Fc1cc(C2=NOC(CCn3ccnn3)C2)ccc1N1CCNCC1. The normalized spacial score (nSPS) is 20.4. The van der Waals surface area contributed by atoms with Crippen molar-refractivity contribution in [3.8, 4) is 0 Å². The summed E-state index contributed by atoms with van der Waals surface area (Å²) in [6, 6.07) is 5.35. The van der Waals surface area contributed by atoms with E-state index in [1.54, 1.807) is 16.9 Å². The Bertz CT molecular complexity index is 742. The van der Waals surface area contributed by atoms with Gasteiger partial charge in [-0.15, -0.1) is 5.10 Å². The van der Waals surface area contributed by atoms with Gasteiger partial charge in [-0.3, -0.25) is 4.68 Å². The molecule has 0 aliphatic carbocycles. The monoisotopic (exact) mass is 344 g/mol. The standard InChI is InChI=1S/C17H21FN6O/c18-15-11-13(1-2-17(15)23-8-4-19-5-9-23)16-12-14(25-21-16)3-7-24-10-6-20-22-24/h1-2,6,10-11,14,19H,3-5,7-9,12H2. The molecule has 1 aromatic carbocycles. The van der Waals surface area contributed by atoms with Gasteiger partial charge in [0.25, 0.3) is 0 Å². The highest BCUT2D eigenvalue weighted by Crippen LogP contribution is 2.25. The van der Waals surface area contributed by atoms with Gasteiger partial charge < -0.3 is 15.1 Å². The number of halogens is 1. The van der Waals surface area contributed by atoms with Crippen LogP contribution < -0.4 is 10.2 Å². The Labute approximate surface area is 145 Å². The molecule has 1 fully saturated rings. The van der Waals surface area contributed by atoms with Crippen molar-refractivity contribution in [3.63, 3.8) is 0 Å². The van der Waals surface area contributed by atoms with Gasteiger partial charge in [-0.05, 0) is 12.1 Å². The first-order valence-electron chi connectivity index (χ1n) is 8.62. The molecule has 132 valence electrons. The third-order valence-corrected chi connectivity index (χ3v) is 4.62. The van der Waals surface area contributed by atoms with Crippen molar-refractivity contribution >= 4 is 11.4 Å². The van der Waals surface area contributed by atoms with Crippen molar-refractivity contribution in [3.05, 3.63) is 42.0 Å². The molecule has 2 aromatic rings. The molecule has 25 heavy (non-hydrogen) atoms. The average Bonchev–Trinajstić information content (AvgIpc) is 3.32. The summed E-state index contributed by atoms with van der Waals surface area (Å²) in [4.78, 5) is 7.56. The highest BCUT2D eigenvalue weighted by atomic mass is 19.1. The van der Waals surface area contributed by atoms with Crippen LogP contribution in [-0.2, 0) is 11.4 Å². The number of anilines is 1. The number of nitrogens with one attached hydrogen (secondary N) is 1. The lowest BCUT2D eigenvalue weighted by Crippen LogP contribution is -2.43. The summed E-state index contributed by atoms with van der Waals surface area (Å²) in [7, 11) is 0. The molecule has 1 saturated heterocycles. The van der Waals surface area contributed by atoms with Crippen molar-refractivity contribution < 1.29 is 9.23 Å². The Morgan fingerprint density at radius 3 is 2.92 bits per heavy atom. The molecular formula is C17H21FN6O. The molecule has 1 unspecified atom stereocenters. The fourth-order valence-corrected chi connectivity index (χ4v) is 3.23. The van der Waals surface area contributed by atoms with Gasteiger partial charge in [0.2, 0.25) is 0 Å². The molecular weight excluding hydrogens is 323 g/mol. The number of benzene rings is 1. The van der Waals surface area contributed by atoms with E-state index in [0.717, 1.165) is 50.4 Å². The Hall–Kier alpha value is -2.48. The fraction of sp³-hybridized carbons (Fsp3) is 0.471. The van der Waals surface area contributed by atoms with E-state index in [1.165, 1.54) is 0 Å². The second kappa shape index (κ2) is 7.18. The molecule has 3 heterocycles. The molecule has 8 heteroatoms. The van der Waals surface area contributed by atoms with Crippen LogP contribution in [0.15, 0.2) is 35.7 Å². The second-order valence-corrected chi connectivity index (χ2v) is 6.33. The quantitative estimate of drug-likeness (QED) is 0.888. The van der Waals surface area contributed by atoms with E-state index in [4.69, 9.17) is 4.84 Å². The topological polar surface area (TPSA) is 67.6 Å². The Balaban J connectivity index is 1.38. The first kappa shape index (κ1) is 16.0. The molecule has 7 nitrogen and oxygen atoms in total. The van der Waals surface area contributed by atoms with Gasteiger partial charge in [0, 0.05) is 57.3 Å². The summed E-state index contributed by atoms with van der Waals surface area (Å²) >= 11 is 0. The minimum Gasteiger partial charge on any atom is -0.392 e. The number of nitrogens with zero attached hydrogens (tertiary/aromatic N) is 5. The zero-order valence-electron chi connectivity index (χ0n) is 13.9. The Kier molecular flexibility index (Phi) is 4.60. The fourth-order valence-electron chi connectivity index (χ4n) is 3.23. The first-order valence-corrected chi connectivity index (χ1v) is 8.62.